The molecule has 0 aliphatic rings. The van der Waals surface area contributed by atoms with Crippen molar-refractivity contribution in [3.8, 4) is 5.75 Å². The third-order valence-corrected chi connectivity index (χ3v) is 5.61. The van der Waals surface area contributed by atoms with Gasteiger partial charge in [-0.05, 0) is 48.2 Å². The lowest BCUT2D eigenvalue weighted by Crippen LogP contribution is -2.22. The molecule has 4 aromatic rings. The summed E-state index contributed by atoms with van der Waals surface area (Å²) >= 11 is 0. The average molecular weight is 413 g/mol. The molecule has 0 saturated carbocycles. The van der Waals surface area contributed by atoms with E-state index in [0.717, 1.165) is 24.3 Å². The van der Waals surface area contributed by atoms with Gasteiger partial charge in [-0.15, -0.1) is 0 Å². The minimum Gasteiger partial charge on any atom is -0.497 e. The van der Waals surface area contributed by atoms with Crippen LogP contribution in [0.1, 0.15) is 28.7 Å². The number of ether oxygens (including phenoxy) is 1. The SMILES string of the molecule is COc1ccc(CNC(=O)CCc2cn(Cc3ccc(C)cc3)c3ccccc23)cc1. The molecule has 4 rings (SSSR count). The van der Waals surface area contributed by atoms with Crippen LogP contribution < -0.4 is 10.1 Å². The Hall–Kier alpha value is -3.53. The number of fused-ring (bicyclic) bond motifs is 1. The predicted octanol–water partition coefficient (Wildman–Crippen LogP) is 5.26. The highest BCUT2D eigenvalue weighted by molar-refractivity contribution is 5.85. The quantitative estimate of drug-likeness (QED) is 0.429. The standard InChI is InChI=1S/C27H28N2O2/c1-20-7-9-22(10-8-20)18-29-19-23(25-5-3-4-6-26(25)29)13-16-27(30)28-17-21-11-14-24(31-2)15-12-21/h3-12,14-15,19H,13,16-18H2,1-2H3,(H,28,30). The fourth-order valence-corrected chi connectivity index (χ4v) is 3.82. The van der Waals surface area contributed by atoms with Gasteiger partial charge in [0.05, 0.1) is 7.11 Å². The molecule has 0 atom stereocenters. The van der Waals surface area contributed by atoms with Crippen LogP contribution in [0.5, 0.6) is 5.75 Å². The molecule has 0 unspecified atom stereocenters. The van der Waals surface area contributed by atoms with Crippen molar-refractivity contribution in [3.05, 3.63) is 101 Å². The van der Waals surface area contributed by atoms with Crippen molar-refractivity contribution < 1.29 is 9.53 Å². The van der Waals surface area contributed by atoms with Crippen LogP contribution in [-0.4, -0.2) is 17.6 Å². The topological polar surface area (TPSA) is 43.3 Å². The maximum absolute atomic E-state index is 12.4. The molecule has 0 radical (unpaired) electrons. The molecular formula is C27H28N2O2. The van der Waals surface area contributed by atoms with Crippen molar-refractivity contribution in [3.63, 3.8) is 0 Å². The van der Waals surface area contributed by atoms with E-state index < -0.39 is 0 Å². The van der Waals surface area contributed by atoms with Crippen LogP contribution in [-0.2, 0) is 24.3 Å². The Kier molecular flexibility index (Phi) is 6.37. The molecule has 1 N–H and O–H groups in total. The van der Waals surface area contributed by atoms with Gasteiger partial charge in [-0.25, -0.2) is 0 Å². The summed E-state index contributed by atoms with van der Waals surface area (Å²) in [6.45, 7) is 3.45. The van der Waals surface area contributed by atoms with Gasteiger partial charge in [0.15, 0.2) is 0 Å². The van der Waals surface area contributed by atoms with Crippen molar-refractivity contribution in [2.75, 3.05) is 7.11 Å². The van der Waals surface area contributed by atoms with E-state index in [1.807, 2.05) is 24.3 Å². The van der Waals surface area contributed by atoms with Gasteiger partial charge in [0.1, 0.15) is 5.75 Å². The van der Waals surface area contributed by atoms with Gasteiger partial charge in [-0.1, -0.05) is 60.2 Å². The molecule has 4 heteroatoms. The van der Waals surface area contributed by atoms with E-state index in [0.29, 0.717) is 13.0 Å². The number of rotatable bonds is 8. The number of benzene rings is 3. The first-order valence-electron chi connectivity index (χ1n) is 10.6. The summed E-state index contributed by atoms with van der Waals surface area (Å²) in [6.07, 6.45) is 3.38. The van der Waals surface area contributed by atoms with E-state index in [9.17, 15) is 4.79 Å². The van der Waals surface area contributed by atoms with Crippen LogP contribution in [0.2, 0.25) is 0 Å². The number of carbonyl (C=O) groups is 1. The van der Waals surface area contributed by atoms with Gasteiger partial charge < -0.3 is 14.6 Å². The summed E-state index contributed by atoms with van der Waals surface area (Å²) < 4.78 is 7.46. The molecule has 1 amide bonds. The highest BCUT2D eigenvalue weighted by atomic mass is 16.5. The Bertz CT molecular complexity index is 1160. The zero-order valence-electron chi connectivity index (χ0n) is 18.1. The molecule has 0 fully saturated rings. The maximum atomic E-state index is 12.4. The second kappa shape index (κ2) is 9.52. The number of hydrogen-bond acceptors (Lipinski definition) is 2. The van der Waals surface area contributed by atoms with Crippen LogP contribution in [0.15, 0.2) is 79.0 Å². The molecule has 0 saturated heterocycles. The zero-order chi connectivity index (χ0) is 21.6. The van der Waals surface area contributed by atoms with Crippen molar-refractivity contribution in [1.29, 1.82) is 0 Å². The first-order valence-corrected chi connectivity index (χ1v) is 10.6. The summed E-state index contributed by atoms with van der Waals surface area (Å²) in [5.74, 6) is 0.878. The third-order valence-electron chi connectivity index (χ3n) is 5.61. The summed E-state index contributed by atoms with van der Waals surface area (Å²) in [5, 5.41) is 4.24. The number of hydrogen-bond donors (Lipinski definition) is 1. The summed E-state index contributed by atoms with van der Waals surface area (Å²) in [5.41, 5.74) is 6.01. The van der Waals surface area contributed by atoms with Gasteiger partial charge in [-0.3, -0.25) is 4.79 Å². The van der Waals surface area contributed by atoms with E-state index in [-0.39, 0.29) is 5.91 Å². The molecule has 0 spiro atoms. The van der Waals surface area contributed by atoms with Gasteiger partial charge in [0, 0.05) is 36.6 Å². The number of aryl methyl sites for hydroxylation is 2. The van der Waals surface area contributed by atoms with Gasteiger partial charge in [0.25, 0.3) is 0 Å². The normalized spacial score (nSPS) is 10.9. The predicted molar refractivity (Wildman–Crippen MR) is 125 cm³/mol. The van der Waals surface area contributed by atoms with Crippen molar-refractivity contribution in [1.82, 2.24) is 9.88 Å². The summed E-state index contributed by atoms with van der Waals surface area (Å²) in [4.78, 5) is 12.4. The zero-order valence-corrected chi connectivity index (χ0v) is 18.1. The smallest absolute Gasteiger partial charge is 0.220 e. The second-order valence-electron chi connectivity index (χ2n) is 7.91. The van der Waals surface area contributed by atoms with Crippen LogP contribution in [0.4, 0.5) is 0 Å². The minimum atomic E-state index is 0.0613. The lowest BCUT2D eigenvalue weighted by Gasteiger charge is -2.06. The van der Waals surface area contributed by atoms with Gasteiger partial charge >= 0.3 is 0 Å². The highest BCUT2D eigenvalue weighted by Gasteiger charge is 2.11. The Morgan fingerprint density at radius 2 is 1.65 bits per heavy atom. The number of para-hydroxylation sites is 1. The first kappa shape index (κ1) is 20.7. The summed E-state index contributed by atoms with van der Waals surface area (Å²) in [6, 6.07) is 24.8. The van der Waals surface area contributed by atoms with Gasteiger partial charge in [0.2, 0.25) is 5.91 Å². The van der Waals surface area contributed by atoms with Crippen LogP contribution in [0.3, 0.4) is 0 Å². The van der Waals surface area contributed by atoms with E-state index in [2.05, 4.69) is 71.5 Å². The third kappa shape index (κ3) is 5.15. The highest BCUT2D eigenvalue weighted by Crippen LogP contribution is 2.24. The molecule has 158 valence electrons. The Morgan fingerprint density at radius 1 is 0.935 bits per heavy atom. The number of amides is 1. The molecule has 0 aliphatic carbocycles. The van der Waals surface area contributed by atoms with Crippen LogP contribution in [0.25, 0.3) is 10.9 Å². The second-order valence-corrected chi connectivity index (χ2v) is 7.91. The first-order chi connectivity index (χ1) is 15.1. The molecule has 4 nitrogen and oxygen atoms in total. The Labute approximate surface area is 183 Å². The Balaban J connectivity index is 1.40. The van der Waals surface area contributed by atoms with Crippen molar-refractivity contribution in [2.45, 2.75) is 32.9 Å². The fourth-order valence-electron chi connectivity index (χ4n) is 3.82. The molecule has 1 heterocycles. The number of aromatic nitrogens is 1. The number of carbonyl (C=O) groups excluding carboxylic acids is 1. The molecule has 0 bridgehead atoms. The van der Waals surface area contributed by atoms with E-state index in [4.69, 9.17) is 4.74 Å². The van der Waals surface area contributed by atoms with E-state index >= 15 is 0 Å². The maximum Gasteiger partial charge on any atom is 0.220 e. The number of methoxy groups -OCH3 is 1. The summed E-state index contributed by atoms with van der Waals surface area (Å²) in [7, 11) is 1.65. The molecule has 31 heavy (non-hydrogen) atoms. The molecule has 0 aliphatic heterocycles. The van der Waals surface area contributed by atoms with Gasteiger partial charge in [-0.2, -0.15) is 0 Å². The van der Waals surface area contributed by atoms with E-state index in [1.54, 1.807) is 7.11 Å². The fraction of sp³-hybridized carbons (Fsp3) is 0.222. The number of nitrogens with zero attached hydrogens (tertiary/aromatic N) is 1. The lowest BCUT2D eigenvalue weighted by molar-refractivity contribution is -0.121. The average Bonchev–Trinajstić information content (AvgIpc) is 3.15. The largest absolute Gasteiger partial charge is 0.497 e. The molecule has 1 aromatic heterocycles. The lowest BCUT2D eigenvalue weighted by atomic mass is 10.1. The molecular weight excluding hydrogens is 384 g/mol. The van der Waals surface area contributed by atoms with Crippen LogP contribution in [0, 0.1) is 6.92 Å². The number of nitrogens with one attached hydrogen (secondary N) is 1. The van der Waals surface area contributed by atoms with E-state index in [1.165, 1.54) is 27.6 Å². The van der Waals surface area contributed by atoms with Crippen LogP contribution >= 0.6 is 0 Å². The molecule has 3 aromatic carbocycles. The monoisotopic (exact) mass is 412 g/mol. The minimum absolute atomic E-state index is 0.0613. The van der Waals surface area contributed by atoms with Crippen molar-refractivity contribution in [2.24, 2.45) is 0 Å². The van der Waals surface area contributed by atoms with Crippen molar-refractivity contribution >= 4 is 16.8 Å². The Morgan fingerprint density at radius 3 is 2.39 bits per heavy atom.